The fourth-order valence-corrected chi connectivity index (χ4v) is 1.61. The van der Waals surface area contributed by atoms with Gasteiger partial charge in [0.1, 0.15) is 17.4 Å². The molecule has 0 aliphatic carbocycles. The van der Waals surface area contributed by atoms with Crippen LogP contribution in [-0.4, -0.2) is 13.0 Å². The average Bonchev–Trinajstić information content (AvgIpc) is 2.98. The van der Waals surface area contributed by atoms with E-state index >= 15 is 0 Å². The third kappa shape index (κ3) is 3.06. The minimum atomic E-state index is -0.502. The molecule has 100 valence electrons. The Balaban J connectivity index is 2.21. The van der Waals surface area contributed by atoms with Gasteiger partial charge in [-0.05, 0) is 24.3 Å². The Morgan fingerprint density at radius 1 is 1.40 bits per heavy atom. The fourth-order valence-electron chi connectivity index (χ4n) is 1.61. The first-order chi connectivity index (χ1) is 9.74. The predicted molar refractivity (Wildman–Crippen MR) is 73.9 cm³/mol. The highest BCUT2D eigenvalue weighted by atomic mass is 16.5. The molecule has 0 saturated heterocycles. The normalized spacial score (nSPS) is 10.7. The molecule has 0 unspecified atom stereocenters. The van der Waals surface area contributed by atoms with Gasteiger partial charge in [0, 0.05) is 5.56 Å². The number of hydrogen-bond acceptors (Lipinski definition) is 4. The van der Waals surface area contributed by atoms with Gasteiger partial charge in [-0.3, -0.25) is 4.79 Å². The van der Waals surface area contributed by atoms with E-state index in [-0.39, 0.29) is 5.57 Å². The van der Waals surface area contributed by atoms with Crippen molar-refractivity contribution in [2.75, 3.05) is 12.4 Å². The minimum Gasteiger partial charge on any atom is -0.495 e. The van der Waals surface area contributed by atoms with Crippen LogP contribution in [0.2, 0.25) is 0 Å². The third-order valence-electron chi connectivity index (χ3n) is 2.57. The van der Waals surface area contributed by atoms with Crippen molar-refractivity contribution < 1.29 is 13.9 Å². The van der Waals surface area contributed by atoms with Crippen LogP contribution in [0.1, 0.15) is 5.56 Å². The lowest BCUT2D eigenvalue weighted by molar-refractivity contribution is -0.112. The predicted octanol–water partition coefficient (Wildman–Crippen LogP) is 2.83. The van der Waals surface area contributed by atoms with Crippen molar-refractivity contribution in [3.05, 3.63) is 54.0 Å². The van der Waals surface area contributed by atoms with Crippen molar-refractivity contribution in [2.45, 2.75) is 0 Å². The van der Waals surface area contributed by atoms with Crippen LogP contribution < -0.4 is 10.1 Å². The Kier molecular flexibility index (Phi) is 4.20. The summed E-state index contributed by atoms with van der Waals surface area (Å²) in [4.78, 5) is 12.1. The molecule has 0 saturated carbocycles. The maximum absolute atomic E-state index is 12.1. The first kappa shape index (κ1) is 13.4. The number of ether oxygens (including phenoxy) is 1. The molecule has 2 rings (SSSR count). The van der Waals surface area contributed by atoms with Crippen molar-refractivity contribution in [1.29, 1.82) is 5.26 Å². The van der Waals surface area contributed by atoms with Gasteiger partial charge in [-0.15, -0.1) is 0 Å². The third-order valence-corrected chi connectivity index (χ3v) is 2.57. The summed E-state index contributed by atoms with van der Waals surface area (Å²) in [5, 5.41) is 11.7. The Bertz CT molecular complexity index is 667. The number of nitriles is 1. The maximum Gasteiger partial charge on any atom is 0.266 e. The molecular formula is C15H12N2O3. The molecule has 5 heteroatoms. The van der Waals surface area contributed by atoms with Crippen LogP contribution in [0.5, 0.6) is 5.75 Å². The SMILES string of the molecule is COc1ccccc1NC(=O)/C(C#N)=C/c1ccoc1. The van der Waals surface area contributed by atoms with Crippen LogP contribution in [-0.2, 0) is 4.79 Å². The standard InChI is InChI=1S/C15H12N2O3/c1-19-14-5-3-2-4-13(14)17-15(18)12(9-16)8-11-6-7-20-10-11/h2-8,10H,1H3,(H,17,18)/b12-8+. The molecule has 5 nitrogen and oxygen atoms in total. The number of carbonyl (C=O) groups is 1. The van der Waals surface area contributed by atoms with Gasteiger partial charge in [-0.1, -0.05) is 12.1 Å². The summed E-state index contributed by atoms with van der Waals surface area (Å²) in [6.07, 6.45) is 4.38. The van der Waals surface area contributed by atoms with Gasteiger partial charge in [0.25, 0.3) is 5.91 Å². The summed E-state index contributed by atoms with van der Waals surface area (Å²) < 4.78 is 10.0. The fraction of sp³-hybridized carbons (Fsp3) is 0.0667. The second-order valence-electron chi connectivity index (χ2n) is 3.88. The van der Waals surface area contributed by atoms with Gasteiger partial charge in [-0.2, -0.15) is 5.26 Å². The van der Waals surface area contributed by atoms with Crippen LogP contribution in [0.15, 0.2) is 52.8 Å². The summed E-state index contributed by atoms with van der Waals surface area (Å²) in [5.74, 6) is 0.0275. The molecule has 0 fully saturated rings. The lowest BCUT2D eigenvalue weighted by Gasteiger charge is -2.08. The molecule has 1 heterocycles. The van der Waals surface area contributed by atoms with Crippen LogP contribution in [0.25, 0.3) is 6.08 Å². The molecule has 1 aromatic heterocycles. The smallest absolute Gasteiger partial charge is 0.266 e. The van der Waals surface area contributed by atoms with Crippen LogP contribution in [0, 0.1) is 11.3 Å². The summed E-state index contributed by atoms with van der Waals surface area (Å²) in [7, 11) is 1.51. The summed E-state index contributed by atoms with van der Waals surface area (Å²) in [5.41, 5.74) is 1.14. The number of para-hydroxylation sites is 2. The summed E-state index contributed by atoms with van der Waals surface area (Å²) >= 11 is 0. The van der Waals surface area contributed by atoms with Crippen molar-refractivity contribution in [3.63, 3.8) is 0 Å². The van der Waals surface area contributed by atoms with E-state index in [1.54, 1.807) is 30.3 Å². The Labute approximate surface area is 116 Å². The Hall–Kier alpha value is -3.00. The van der Waals surface area contributed by atoms with E-state index in [0.29, 0.717) is 17.0 Å². The van der Waals surface area contributed by atoms with Crippen LogP contribution in [0.4, 0.5) is 5.69 Å². The van der Waals surface area contributed by atoms with Crippen molar-refractivity contribution in [3.8, 4) is 11.8 Å². The van der Waals surface area contributed by atoms with Gasteiger partial charge < -0.3 is 14.5 Å². The number of nitrogens with one attached hydrogen (secondary N) is 1. The van der Waals surface area contributed by atoms with E-state index in [1.165, 1.54) is 25.7 Å². The number of hydrogen-bond donors (Lipinski definition) is 1. The van der Waals surface area contributed by atoms with Crippen molar-refractivity contribution in [1.82, 2.24) is 0 Å². The van der Waals surface area contributed by atoms with E-state index in [9.17, 15) is 4.79 Å². The highest BCUT2D eigenvalue weighted by Gasteiger charge is 2.12. The number of nitrogens with zero attached hydrogens (tertiary/aromatic N) is 1. The van der Waals surface area contributed by atoms with Crippen LogP contribution >= 0.6 is 0 Å². The van der Waals surface area contributed by atoms with E-state index in [0.717, 1.165) is 0 Å². The first-order valence-corrected chi connectivity index (χ1v) is 5.83. The Morgan fingerprint density at radius 3 is 2.85 bits per heavy atom. The Morgan fingerprint density at radius 2 is 2.20 bits per heavy atom. The minimum absolute atomic E-state index is 0.0164. The molecule has 20 heavy (non-hydrogen) atoms. The number of furan rings is 1. The first-order valence-electron chi connectivity index (χ1n) is 5.83. The monoisotopic (exact) mass is 268 g/mol. The number of rotatable bonds is 4. The molecule has 0 aliphatic heterocycles. The van der Waals surface area contributed by atoms with Gasteiger partial charge in [-0.25, -0.2) is 0 Å². The van der Waals surface area contributed by atoms with Gasteiger partial charge in [0.15, 0.2) is 0 Å². The zero-order chi connectivity index (χ0) is 14.4. The number of amides is 1. The zero-order valence-corrected chi connectivity index (χ0v) is 10.8. The van der Waals surface area contributed by atoms with Crippen LogP contribution in [0.3, 0.4) is 0 Å². The van der Waals surface area contributed by atoms with E-state index < -0.39 is 5.91 Å². The molecule has 2 aromatic rings. The molecule has 1 N–H and O–H groups in total. The average molecular weight is 268 g/mol. The number of carbonyl (C=O) groups excluding carboxylic acids is 1. The lowest BCUT2D eigenvalue weighted by Crippen LogP contribution is -2.14. The quantitative estimate of drug-likeness (QED) is 0.683. The molecular weight excluding hydrogens is 256 g/mol. The van der Waals surface area contributed by atoms with E-state index in [4.69, 9.17) is 14.4 Å². The highest BCUT2D eigenvalue weighted by Crippen LogP contribution is 2.23. The number of anilines is 1. The lowest BCUT2D eigenvalue weighted by atomic mass is 10.2. The second kappa shape index (κ2) is 6.25. The molecule has 1 aromatic carbocycles. The maximum atomic E-state index is 12.1. The zero-order valence-electron chi connectivity index (χ0n) is 10.8. The summed E-state index contributed by atoms with van der Waals surface area (Å²) in [6, 6.07) is 10.5. The molecule has 0 spiro atoms. The molecule has 1 amide bonds. The summed E-state index contributed by atoms with van der Waals surface area (Å²) in [6.45, 7) is 0. The van der Waals surface area contributed by atoms with Crippen molar-refractivity contribution >= 4 is 17.7 Å². The molecule has 0 bridgehead atoms. The van der Waals surface area contributed by atoms with Gasteiger partial charge in [0.2, 0.25) is 0 Å². The molecule has 0 radical (unpaired) electrons. The molecule has 0 aliphatic rings. The second-order valence-corrected chi connectivity index (χ2v) is 3.88. The number of benzene rings is 1. The number of methoxy groups -OCH3 is 1. The largest absolute Gasteiger partial charge is 0.495 e. The van der Waals surface area contributed by atoms with E-state index in [1.807, 2.05) is 6.07 Å². The van der Waals surface area contributed by atoms with Gasteiger partial charge in [0.05, 0.1) is 25.3 Å². The molecule has 0 atom stereocenters. The highest BCUT2D eigenvalue weighted by molar-refractivity contribution is 6.10. The van der Waals surface area contributed by atoms with Gasteiger partial charge >= 0.3 is 0 Å². The topological polar surface area (TPSA) is 75.3 Å². The van der Waals surface area contributed by atoms with Crippen molar-refractivity contribution in [2.24, 2.45) is 0 Å². The van der Waals surface area contributed by atoms with E-state index in [2.05, 4.69) is 5.32 Å².